The summed E-state index contributed by atoms with van der Waals surface area (Å²) in [6.45, 7) is 7.27. The Bertz CT molecular complexity index is 1040. The van der Waals surface area contributed by atoms with Crippen LogP contribution in [-0.4, -0.2) is 54.3 Å². The SMILES string of the molecule is CCc1noc(-c2ccc(CCNC(=NC)N3CCOC(c4ccccc4C)C3)cc2)n1. The van der Waals surface area contributed by atoms with Crippen LogP contribution in [0.2, 0.25) is 0 Å². The largest absolute Gasteiger partial charge is 0.370 e. The van der Waals surface area contributed by atoms with Gasteiger partial charge in [0.05, 0.1) is 13.2 Å². The zero-order valence-electron chi connectivity index (χ0n) is 19.0. The highest BCUT2D eigenvalue weighted by Crippen LogP contribution is 2.25. The fourth-order valence-electron chi connectivity index (χ4n) is 3.96. The van der Waals surface area contributed by atoms with Gasteiger partial charge in [0.25, 0.3) is 5.89 Å². The first kappa shape index (κ1) is 22.0. The Hall–Kier alpha value is -3.19. The van der Waals surface area contributed by atoms with Crippen molar-refractivity contribution in [2.45, 2.75) is 32.8 Å². The molecule has 7 heteroatoms. The summed E-state index contributed by atoms with van der Waals surface area (Å²) in [5.41, 5.74) is 4.70. The molecule has 1 unspecified atom stereocenters. The maximum Gasteiger partial charge on any atom is 0.257 e. The van der Waals surface area contributed by atoms with Gasteiger partial charge in [-0.1, -0.05) is 48.5 Å². The molecule has 1 fully saturated rings. The number of aryl methyl sites for hydroxylation is 2. The molecule has 0 saturated carbocycles. The Balaban J connectivity index is 1.31. The average Bonchev–Trinajstić information content (AvgIpc) is 3.32. The van der Waals surface area contributed by atoms with Gasteiger partial charge in [0.1, 0.15) is 6.10 Å². The number of hydrogen-bond donors (Lipinski definition) is 1. The van der Waals surface area contributed by atoms with Gasteiger partial charge in [-0.3, -0.25) is 4.99 Å². The summed E-state index contributed by atoms with van der Waals surface area (Å²) in [4.78, 5) is 11.2. The van der Waals surface area contributed by atoms with Crippen LogP contribution in [0.3, 0.4) is 0 Å². The second-order valence-corrected chi connectivity index (χ2v) is 7.95. The minimum Gasteiger partial charge on any atom is -0.370 e. The number of nitrogens with zero attached hydrogens (tertiary/aromatic N) is 4. The van der Waals surface area contributed by atoms with E-state index >= 15 is 0 Å². The summed E-state index contributed by atoms with van der Waals surface area (Å²) in [6.07, 6.45) is 1.73. The zero-order valence-corrected chi connectivity index (χ0v) is 19.0. The number of guanidine groups is 1. The van der Waals surface area contributed by atoms with Crippen molar-refractivity contribution in [2.75, 3.05) is 33.3 Å². The van der Waals surface area contributed by atoms with Crippen LogP contribution in [-0.2, 0) is 17.6 Å². The average molecular weight is 434 g/mol. The fourth-order valence-corrected chi connectivity index (χ4v) is 3.96. The number of morpholine rings is 1. The number of rotatable bonds is 6. The highest BCUT2D eigenvalue weighted by molar-refractivity contribution is 5.80. The van der Waals surface area contributed by atoms with E-state index < -0.39 is 0 Å². The number of ether oxygens (including phenoxy) is 1. The van der Waals surface area contributed by atoms with E-state index in [1.165, 1.54) is 16.7 Å². The summed E-state index contributed by atoms with van der Waals surface area (Å²) >= 11 is 0. The molecular weight excluding hydrogens is 402 g/mol. The van der Waals surface area contributed by atoms with Crippen LogP contribution in [0, 0.1) is 6.92 Å². The maximum absolute atomic E-state index is 6.06. The van der Waals surface area contributed by atoms with E-state index in [4.69, 9.17) is 9.26 Å². The number of aromatic nitrogens is 2. The molecule has 32 heavy (non-hydrogen) atoms. The lowest BCUT2D eigenvalue weighted by atomic mass is 10.0. The lowest BCUT2D eigenvalue weighted by molar-refractivity contribution is -0.00829. The van der Waals surface area contributed by atoms with E-state index in [2.05, 4.69) is 68.7 Å². The topological polar surface area (TPSA) is 75.8 Å². The van der Waals surface area contributed by atoms with Gasteiger partial charge >= 0.3 is 0 Å². The number of benzene rings is 2. The summed E-state index contributed by atoms with van der Waals surface area (Å²) < 4.78 is 11.4. The molecule has 1 aliphatic rings. The summed E-state index contributed by atoms with van der Waals surface area (Å²) in [5, 5.41) is 7.47. The molecule has 1 atom stereocenters. The van der Waals surface area contributed by atoms with Crippen LogP contribution in [0.4, 0.5) is 0 Å². The quantitative estimate of drug-likeness (QED) is 0.471. The number of nitrogens with one attached hydrogen (secondary N) is 1. The minimum absolute atomic E-state index is 0.0639. The van der Waals surface area contributed by atoms with E-state index in [9.17, 15) is 0 Å². The predicted octanol–water partition coefficient (Wildman–Crippen LogP) is 3.80. The number of hydrogen-bond acceptors (Lipinski definition) is 5. The van der Waals surface area contributed by atoms with Crippen molar-refractivity contribution in [3.05, 3.63) is 71.0 Å². The van der Waals surface area contributed by atoms with Crippen LogP contribution in [0.1, 0.15) is 35.5 Å². The van der Waals surface area contributed by atoms with Crippen LogP contribution in [0.5, 0.6) is 0 Å². The molecule has 4 rings (SSSR count). The third-order valence-electron chi connectivity index (χ3n) is 5.80. The van der Waals surface area contributed by atoms with E-state index in [1.54, 1.807) is 0 Å². The van der Waals surface area contributed by atoms with Crippen LogP contribution >= 0.6 is 0 Å². The van der Waals surface area contributed by atoms with E-state index in [-0.39, 0.29) is 6.10 Å². The van der Waals surface area contributed by atoms with E-state index in [0.29, 0.717) is 12.5 Å². The Morgan fingerprint density at radius 2 is 2.00 bits per heavy atom. The molecule has 0 aliphatic carbocycles. The normalized spacial score (nSPS) is 16.9. The van der Waals surface area contributed by atoms with Crippen LogP contribution < -0.4 is 5.32 Å². The Morgan fingerprint density at radius 1 is 1.19 bits per heavy atom. The van der Waals surface area contributed by atoms with E-state index in [0.717, 1.165) is 49.8 Å². The summed E-state index contributed by atoms with van der Waals surface area (Å²) in [6, 6.07) is 16.7. The highest BCUT2D eigenvalue weighted by Gasteiger charge is 2.25. The van der Waals surface area contributed by atoms with Crippen LogP contribution in [0.25, 0.3) is 11.5 Å². The molecular formula is C25H31N5O2. The van der Waals surface area contributed by atoms with Gasteiger partial charge in [-0.25, -0.2) is 0 Å². The van der Waals surface area contributed by atoms with Gasteiger partial charge in [0.15, 0.2) is 11.8 Å². The van der Waals surface area contributed by atoms with Gasteiger partial charge in [-0.05, 0) is 42.2 Å². The predicted molar refractivity (Wildman–Crippen MR) is 126 cm³/mol. The van der Waals surface area contributed by atoms with Crippen molar-refractivity contribution in [1.29, 1.82) is 0 Å². The van der Waals surface area contributed by atoms with Crippen molar-refractivity contribution in [3.8, 4) is 11.5 Å². The first-order valence-corrected chi connectivity index (χ1v) is 11.2. The molecule has 7 nitrogen and oxygen atoms in total. The molecule has 1 N–H and O–H groups in total. The van der Waals surface area contributed by atoms with Crippen LogP contribution in [0.15, 0.2) is 58.0 Å². The smallest absolute Gasteiger partial charge is 0.257 e. The van der Waals surface area contributed by atoms with Crippen molar-refractivity contribution >= 4 is 5.96 Å². The molecule has 3 aromatic rings. The molecule has 168 valence electrons. The first-order chi connectivity index (χ1) is 15.7. The Labute approximate surface area is 189 Å². The molecule has 0 bridgehead atoms. The molecule has 2 aromatic carbocycles. The van der Waals surface area contributed by atoms with Crippen molar-refractivity contribution in [1.82, 2.24) is 20.4 Å². The molecule has 0 radical (unpaired) electrons. The van der Waals surface area contributed by atoms with Crippen molar-refractivity contribution in [3.63, 3.8) is 0 Å². The standard InChI is InChI=1S/C25H31N5O2/c1-4-23-28-24(32-29-23)20-11-9-19(10-12-20)13-14-27-25(26-3)30-15-16-31-22(17-30)21-8-6-5-7-18(21)2/h5-12,22H,4,13-17H2,1-3H3,(H,26,27). The van der Waals surface area contributed by atoms with Gasteiger partial charge in [-0.2, -0.15) is 4.98 Å². The monoisotopic (exact) mass is 433 g/mol. The first-order valence-electron chi connectivity index (χ1n) is 11.2. The Morgan fingerprint density at radius 3 is 2.72 bits per heavy atom. The minimum atomic E-state index is 0.0639. The highest BCUT2D eigenvalue weighted by atomic mass is 16.5. The number of aliphatic imine (C=N–C) groups is 1. The molecule has 2 heterocycles. The summed E-state index contributed by atoms with van der Waals surface area (Å²) in [7, 11) is 1.84. The summed E-state index contributed by atoms with van der Waals surface area (Å²) in [5.74, 6) is 2.22. The van der Waals surface area contributed by atoms with Gasteiger partial charge in [0.2, 0.25) is 0 Å². The molecule has 0 spiro atoms. The zero-order chi connectivity index (χ0) is 22.3. The molecule has 1 aromatic heterocycles. The lowest BCUT2D eigenvalue weighted by Crippen LogP contribution is -2.48. The van der Waals surface area contributed by atoms with Crippen molar-refractivity contribution in [2.24, 2.45) is 4.99 Å². The fraction of sp³-hybridized carbons (Fsp3) is 0.400. The second-order valence-electron chi connectivity index (χ2n) is 7.95. The van der Waals surface area contributed by atoms with E-state index in [1.807, 2.05) is 26.1 Å². The van der Waals surface area contributed by atoms with Gasteiger partial charge < -0.3 is 19.5 Å². The molecule has 0 amide bonds. The lowest BCUT2D eigenvalue weighted by Gasteiger charge is -2.35. The third kappa shape index (κ3) is 5.16. The maximum atomic E-state index is 6.06. The van der Waals surface area contributed by atoms with Gasteiger partial charge in [0, 0.05) is 32.1 Å². The van der Waals surface area contributed by atoms with Crippen molar-refractivity contribution < 1.29 is 9.26 Å². The second kappa shape index (κ2) is 10.4. The molecule has 1 aliphatic heterocycles. The van der Waals surface area contributed by atoms with Gasteiger partial charge in [-0.15, -0.1) is 0 Å². The Kier molecular flexibility index (Phi) is 7.17. The molecule has 1 saturated heterocycles. The third-order valence-corrected chi connectivity index (χ3v) is 5.80.